The van der Waals surface area contributed by atoms with Crippen molar-refractivity contribution in [2.24, 2.45) is 0 Å². The topological polar surface area (TPSA) is 81.2 Å². The first-order chi connectivity index (χ1) is 25.1. The Hall–Kier alpha value is -3.02. The Morgan fingerprint density at radius 3 is 1.30 bits per heavy atom. The first kappa shape index (κ1) is 39.2. The lowest BCUT2D eigenvalue weighted by atomic mass is 9.49. The minimum absolute atomic E-state index is 0.325. The molecule has 0 atom stereocenters. The first-order valence-electron chi connectivity index (χ1n) is 19.0. The van der Waals surface area contributed by atoms with Crippen LogP contribution in [-0.2, 0) is 40.8 Å². The van der Waals surface area contributed by atoms with Gasteiger partial charge in [0.1, 0.15) is 0 Å². The average molecular weight is 749 g/mol. The van der Waals surface area contributed by atoms with Crippen LogP contribution in [0.3, 0.4) is 0 Å². The van der Waals surface area contributed by atoms with Crippen LogP contribution in [0.5, 0.6) is 0 Å². The van der Waals surface area contributed by atoms with Crippen molar-refractivity contribution >= 4 is 38.2 Å². The van der Waals surface area contributed by atoms with E-state index < -0.39 is 14.0 Å². The maximum Gasteiger partial charge on any atom is 0.496 e. The lowest BCUT2D eigenvalue weighted by Crippen LogP contribution is -2.41. The van der Waals surface area contributed by atoms with Gasteiger partial charge in [0.2, 0.25) is 0 Å². The molecule has 282 valence electrons. The summed E-state index contributed by atoms with van der Waals surface area (Å²) in [5.41, 5.74) is 8.82. The summed E-state index contributed by atoms with van der Waals surface area (Å²) in [7, 11) is -1.30. The van der Waals surface area contributed by atoms with E-state index in [0.29, 0.717) is 5.02 Å². The molecule has 2 aromatic heterocycles. The van der Waals surface area contributed by atoms with E-state index >= 15 is 0 Å². The van der Waals surface area contributed by atoms with E-state index in [1.54, 1.807) is 6.20 Å². The lowest BCUT2D eigenvalue weighted by Gasteiger charge is -2.32. The van der Waals surface area contributed by atoms with Gasteiger partial charge in [0.15, 0.2) is 0 Å². The van der Waals surface area contributed by atoms with Gasteiger partial charge in [-0.3, -0.25) is 9.97 Å². The van der Waals surface area contributed by atoms with Crippen LogP contribution in [-0.4, -0.2) is 64.7 Å². The average Bonchev–Trinajstić information content (AvgIpc) is 3.81. The van der Waals surface area contributed by atoms with Crippen molar-refractivity contribution in [3.63, 3.8) is 0 Å². The fourth-order valence-corrected chi connectivity index (χ4v) is 7.23. The van der Waals surface area contributed by atoms with Gasteiger partial charge in [-0.2, -0.15) is 0 Å². The number of aromatic nitrogens is 2. The summed E-state index contributed by atoms with van der Waals surface area (Å²) in [5, 5.41) is 0.709. The molecule has 2 aliphatic carbocycles. The van der Waals surface area contributed by atoms with Crippen molar-refractivity contribution in [2.75, 3.05) is 0 Å². The van der Waals surface area contributed by atoms with E-state index in [9.17, 15) is 0 Å². The summed E-state index contributed by atoms with van der Waals surface area (Å²) in [6.45, 7) is 24.5. The molecule has 0 unspecified atom stereocenters. The predicted octanol–water partition coefficient (Wildman–Crippen LogP) is 8.51. The number of hydrogen-bond acceptors (Lipinski definition) is 8. The van der Waals surface area contributed by atoms with Gasteiger partial charge in [0.25, 0.3) is 0 Å². The number of rotatable bonds is 2. The van der Waals surface area contributed by atoms with Crippen LogP contribution in [0.15, 0.2) is 73.1 Å². The van der Waals surface area contributed by atoms with Crippen LogP contribution >= 0.6 is 11.6 Å². The van der Waals surface area contributed by atoms with Gasteiger partial charge < -0.3 is 27.9 Å². The fourth-order valence-electron chi connectivity index (χ4n) is 7.07. The van der Waals surface area contributed by atoms with Crippen LogP contribution in [0.2, 0.25) is 5.02 Å². The van der Waals surface area contributed by atoms with Crippen molar-refractivity contribution in [1.29, 1.82) is 0 Å². The van der Waals surface area contributed by atoms with Crippen LogP contribution < -0.4 is 5.46 Å². The highest BCUT2D eigenvalue weighted by Gasteiger charge is 2.63. The molecule has 2 aromatic carbocycles. The molecule has 12 heteroatoms. The maximum absolute atomic E-state index is 6.14. The SMILES string of the molecule is CC1(C)OB(B2OC(C)(C)C(C)(C)O2)OC1(C)C.CC1(C)OB(c2cnc3c(c2)-c2ccccc2C3)OC1(C)C.Clc1cnc2c(c1)-c1ccccc1C2. The Morgan fingerprint density at radius 1 is 0.481 bits per heavy atom. The van der Waals surface area contributed by atoms with E-state index in [1.165, 1.54) is 33.4 Å². The molecule has 5 aliphatic rings. The minimum Gasteiger partial charge on any atom is -0.405 e. The highest BCUT2D eigenvalue weighted by Crippen LogP contribution is 2.43. The molecule has 3 aliphatic heterocycles. The number of hydrogen-bond donors (Lipinski definition) is 0. The van der Waals surface area contributed by atoms with E-state index in [1.807, 2.05) is 67.7 Å². The largest absolute Gasteiger partial charge is 0.496 e. The van der Waals surface area contributed by atoms with Crippen molar-refractivity contribution in [1.82, 2.24) is 9.97 Å². The molecular formula is C42H52B3ClN2O6. The molecule has 0 saturated carbocycles. The molecule has 0 spiro atoms. The molecule has 3 fully saturated rings. The molecule has 9 rings (SSSR count). The predicted molar refractivity (Wildman–Crippen MR) is 218 cm³/mol. The normalized spacial score (nSPS) is 22.4. The van der Waals surface area contributed by atoms with Crippen molar-refractivity contribution in [3.8, 4) is 22.3 Å². The number of fused-ring (bicyclic) bond motifs is 6. The lowest BCUT2D eigenvalue weighted by molar-refractivity contribution is 0.00578. The fraction of sp³-hybridized carbons (Fsp3) is 0.476. The Balaban J connectivity index is 0.000000128. The third-order valence-corrected chi connectivity index (χ3v) is 12.8. The summed E-state index contributed by atoms with van der Waals surface area (Å²) in [5.74, 6) is 0. The van der Waals surface area contributed by atoms with Gasteiger partial charge in [-0.25, -0.2) is 0 Å². The van der Waals surface area contributed by atoms with Crippen molar-refractivity contribution in [2.45, 2.75) is 130 Å². The number of benzene rings is 2. The van der Waals surface area contributed by atoms with Crippen LogP contribution in [0, 0.1) is 0 Å². The highest BCUT2D eigenvalue weighted by atomic mass is 35.5. The van der Waals surface area contributed by atoms with E-state index in [4.69, 9.17) is 39.5 Å². The third-order valence-electron chi connectivity index (χ3n) is 12.5. The summed E-state index contributed by atoms with van der Waals surface area (Å²) in [4.78, 5) is 9.00. The molecule has 4 aromatic rings. The molecule has 0 N–H and O–H groups in total. The van der Waals surface area contributed by atoms with E-state index in [2.05, 4.69) is 92.3 Å². The Morgan fingerprint density at radius 2 is 0.852 bits per heavy atom. The molecule has 8 nitrogen and oxygen atoms in total. The minimum atomic E-state index is -0.476. The molecule has 0 amide bonds. The molecular weight excluding hydrogens is 696 g/mol. The van der Waals surface area contributed by atoms with Gasteiger partial charge in [0.05, 0.1) is 50.0 Å². The van der Waals surface area contributed by atoms with Gasteiger partial charge >= 0.3 is 21.1 Å². The second-order valence-electron chi connectivity index (χ2n) is 17.9. The van der Waals surface area contributed by atoms with Crippen molar-refractivity contribution in [3.05, 3.63) is 101 Å². The number of nitrogens with zero attached hydrogens (tertiary/aromatic N) is 2. The Labute approximate surface area is 327 Å². The maximum atomic E-state index is 6.14. The number of pyridine rings is 2. The second-order valence-corrected chi connectivity index (χ2v) is 18.4. The summed E-state index contributed by atoms with van der Waals surface area (Å²) >= 11 is 5.93. The second kappa shape index (κ2) is 13.6. The quantitative estimate of drug-likeness (QED) is 0.163. The zero-order valence-electron chi connectivity index (χ0n) is 33.8. The first-order valence-corrected chi connectivity index (χ1v) is 19.3. The third kappa shape index (κ3) is 7.11. The summed E-state index contributed by atoms with van der Waals surface area (Å²) in [6.07, 6.45) is 5.46. The zero-order valence-corrected chi connectivity index (χ0v) is 34.6. The smallest absolute Gasteiger partial charge is 0.405 e. The standard InChI is InChI=1S/C18H20BNO2.C12H24B2O4.C12H8ClN/c1-17(2)18(3,4)22-19(21-17)13-10-15-14-8-6-5-7-12(14)9-16(15)20-11-13;1-9(2)10(3,4)16-13(15-9)14-17-11(5,6)12(7,8)18-14;13-9-6-11-10-4-2-1-3-8(10)5-12(11)14-7-9/h5-8,10-11H,9H2,1-4H3;1-8H3;1-4,6-7H,5H2. The van der Waals surface area contributed by atoms with Crippen LogP contribution in [0.25, 0.3) is 22.3 Å². The molecule has 3 saturated heterocycles. The highest BCUT2D eigenvalue weighted by molar-refractivity contribution is 7.11. The van der Waals surface area contributed by atoms with Crippen LogP contribution in [0.4, 0.5) is 0 Å². The van der Waals surface area contributed by atoms with Crippen LogP contribution in [0.1, 0.15) is 106 Å². The van der Waals surface area contributed by atoms with Gasteiger partial charge in [-0.15, -0.1) is 0 Å². The molecule has 0 bridgehead atoms. The van der Waals surface area contributed by atoms with Crippen molar-refractivity contribution < 1.29 is 27.9 Å². The zero-order chi connectivity index (χ0) is 39.1. The molecule has 54 heavy (non-hydrogen) atoms. The Bertz CT molecular complexity index is 1990. The van der Waals surface area contributed by atoms with Gasteiger partial charge in [-0.05, 0) is 111 Å². The van der Waals surface area contributed by atoms with E-state index in [-0.39, 0.29) is 40.7 Å². The summed E-state index contributed by atoms with van der Waals surface area (Å²) < 4.78 is 36.1. The van der Waals surface area contributed by atoms with Gasteiger partial charge in [-0.1, -0.05) is 66.2 Å². The summed E-state index contributed by atoms with van der Waals surface area (Å²) in [6, 6.07) is 21.1. The molecule has 5 heterocycles. The number of halogens is 1. The van der Waals surface area contributed by atoms with Gasteiger partial charge in [0, 0.05) is 41.8 Å². The molecule has 0 radical (unpaired) electrons. The van der Waals surface area contributed by atoms with E-state index in [0.717, 1.165) is 29.7 Å². The Kier molecular flexibility index (Phi) is 9.86. The monoisotopic (exact) mass is 748 g/mol.